The number of hydrogen-bond donors (Lipinski definition) is 2. The number of ether oxygens (including phenoxy) is 1. The van der Waals surface area contributed by atoms with E-state index in [1.807, 2.05) is 6.92 Å². The van der Waals surface area contributed by atoms with Crippen LogP contribution in [0.1, 0.15) is 34.8 Å². The Labute approximate surface area is 110 Å². The van der Waals surface area contributed by atoms with Gasteiger partial charge in [-0.25, -0.2) is 0 Å². The molecule has 6 nitrogen and oxygen atoms in total. The molecule has 0 radical (unpaired) electrons. The van der Waals surface area contributed by atoms with Crippen LogP contribution >= 0.6 is 0 Å². The Bertz CT molecular complexity index is 607. The third-order valence-electron chi connectivity index (χ3n) is 2.65. The standard InChI is InChI=1S/C13H15N3O3/c1-7-5-11(19-16-7)8(2)18-12-6-9(13(15)17)3-4-10(12)14/h3-6,8H,14H2,1-2H3,(H2,15,17)/t8-/m1/s1. The molecule has 0 spiro atoms. The minimum Gasteiger partial charge on any atom is -0.480 e. The Morgan fingerprint density at radius 3 is 2.74 bits per heavy atom. The van der Waals surface area contributed by atoms with Crippen molar-refractivity contribution in [3.8, 4) is 5.75 Å². The number of anilines is 1. The molecule has 100 valence electrons. The van der Waals surface area contributed by atoms with Crippen LogP contribution in [-0.4, -0.2) is 11.1 Å². The Morgan fingerprint density at radius 2 is 2.16 bits per heavy atom. The van der Waals surface area contributed by atoms with E-state index in [4.69, 9.17) is 20.7 Å². The number of carbonyl (C=O) groups excluding carboxylic acids is 1. The third kappa shape index (κ3) is 2.85. The van der Waals surface area contributed by atoms with Gasteiger partial charge in [-0.3, -0.25) is 4.79 Å². The van der Waals surface area contributed by atoms with Gasteiger partial charge in [0.15, 0.2) is 11.9 Å². The molecular formula is C13H15N3O3. The predicted octanol–water partition coefficient (Wildman–Crippen LogP) is 1.80. The molecule has 0 bridgehead atoms. The summed E-state index contributed by atoms with van der Waals surface area (Å²) in [6.07, 6.45) is -0.369. The molecule has 0 saturated heterocycles. The second kappa shape index (κ2) is 5.01. The van der Waals surface area contributed by atoms with E-state index in [0.29, 0.717) is 22.8 Å². The average Bonchev–Trinajstić information content (AvgIpc) is 2.78. The molecule has 0 aliphatic rings. The minimum atomic E-state index is -0.534. The Kier molecular flexibility index (Phi) is 3.41. The van der Waals surface area contributed by atoms with Crippen molar-refractivity contribution in [2.75, 3.05) is 5.73 Å². The number of nitrogens with two attached hydrogens (primary N) is 2. The van der Waals surface area contributed by atoms with Crippen LogP contribution in [0.5, 0.6) is 5.75 Å². The maximum absolute atomic E-state index is 11.1. The van der Waals surface area contributed by atoms with Crippen molar-refractivity contribution in [3.63, 3.8) is 0 Å². The summed E-state index contributed by atoms with van der Waals surface area (Å²) in [4.78, 5) is 11.1. The van der Waals surface area contributed by atoms with Gasteiger partial charge in [0.05, 0.1) is 11.4 Å². The smallest absolute Gasteiger partial charge is 0.248 e. The van der Waals surface area contributed by atoms with Gasteiger partial charge in [-0.05, 0) is 32.0 Å². The number of nitrogen functional groups attached to an aromatic ring is 1. The predicted molar refractivity (Wildman–Crippen MR) is 69.7 cm³/mol. The molecule has 1 aromatic heterocycles. The molecule has 6 heteroatoms. The molecule has 4 N–H and O–H groups in total. The van der Waals surface area contributed by atoms with Gasteiger partial charge in [0.1, 0.15) is 5.75 Å². The molecule has 0 saturated carbocycles. The van der Waals surface area contributed by atoms with E-state index in [1.54, 1.807) is 25.1 Å². The largest absolute Gasteiger partial charge is 0.480 e. The Balaban J connectivity index is 2.22. The Hall–Kier alpha value is -2.50. The van der Waals surface area contributed by atoms with Crippen LogP contribution < -0.4 is 16.2 Å². The van der Waals surface area contributed by atoms with Gasteiger partial charge in [-0.1, -0.05) is 5.16 Å². The summed E-state index contributed by atoms with van der Waals surface area (Å²) in [6, 6.07) is 6.41. The summed E-state index contributed by atoms with van der Waals surface area (Å²) in [5, 5.41) is 3.79. The second-order valence-corrected chi connectivity index (χ2v) is 4.25. The van der Waals surface area contributed by atoms with Crippen LogP contribution in [0.15, 0.2) is 28.8 Å². The fraction of sp³-hybridized carbons (Fsp3) is 0.231. The molecule has 1 heterocycles. The summed E-state index contributed by atoms with van der Waals surface area (Å²) in [6.45, 7) is 3.62. The number of nitrogens with zero attached hydrogens (tertiary/aromatic N) is 1. The van der Waals surface area contributed by atoms with Crippen LogP contribution in [0.2, 0.25) is 0 Å². The maximum atomic E-state index is 11.1. The minimum absolute atomic E-state index is 0.338. The Morgan fingerprint density at radius 1 is 1.42 bits per heavy atom. The van der Waals surface area contributed by atoms with Crippen molar-refractivity contribution in [1.82, 2.24) is 5.16 Å². The van der Waals surface area contributed by atoms with Crippen molar-refractivity contribution < 1.29 is 14.1 Å². The molecule has 1 atom stereocenters. The van der Waals surface area contributed by atoms with Crippen molar-refractivity contribution in [2.24, 2.45) is 5.73 Å². The first-order chi connectivity index (χ1) is 8.97. The lowest BCUT2D eigenvalue weighted by Gasteiger charge is -2.14. The zero-order valence-electron chi connectivity index (χ0n) is 10.7. The normalized spacial score (nSPS) is 12.1. The van der Waals surface area contributed by atoms with E-state index < -0.39 is 5.91 Å². The van der Waals surface area contributed by atoms with E-state index in [9.17, 15) is 4.79 Å². The lowest BCUT2D eigenvalue weighted by Crippen LogP contribution is -2.12. The van der Waals surface area contributed by atoms with Gasteiger partial charge >= 0.3 is 0 Å². The first-order valence-electron chi connectivity index (χ1n) is 5.76. The number of rotatable bonds is 4. The van der Waals surface area contributed by atoms with E-state index in [0.717, 1.165) is 5.69 Å². The van der Waals surface area contributed by atoms with E-state index >= 15 is 0 Å². The van der Waals surface area contributed by atoms with Crippen LogP contribution in [0, 0.1) is 6.92 Å². The number of primary amides is 1. The number of aromatic nitrogens is 1. The highest BCUT2D eigenvalue weighted by atomic mass is 16.5. The van der Waals surface area contributed by atoms with E-state index in [2.05, 4.69) is 5.16 Å². The zero-order valence-corrected chi connectivity index (χ0v) is 10.7. The number of hydrogen-bond acceptors (Lipinski definition) is 5. The first kappa shape index (κ1) is 12.9. The highest BCUT2D eigenvalue weighted by Gasteiger charge is 2.15. The summed E-state index contributed by atoms with van der Waals surface area (Å²) in [5.41, 5.74) is 12.5. The molecule has 1 amide bonds. The van der Waals surface area contributed by atoms with Crippen LogP contribution in [0.25, 0.3) is 0 Å². The molecule has 2 rings (SSSR count). The molecule has 19 heavy (non-hydrogen) atoms. The molecule has 0 fully saturated rings. The van der Waals surface area contributed by atoms with Gasteiger partial charge in [0, 0.05) is 11.6 Å². The first-order valence-corrected chi connectivity index (χ1v) is 5.76. The second-order valence-electron chi connectivity index (χ2n) is 4.25. The maximum Gasteiger partial charge on any atom is 0.248 e. The molecule has 0 unspecified atom stereocenters. The molecular weight excluding hydrogens is 246 g/mol. The summed E-state index contributed by atoms with van der Waals surface area (Å²) in [7, 11) is 0. The number of benzene rings is 1. The molecule has 0 aliphatic heterocycles. The summed E-state index contributed by atoms with van der Waals surface area (Å²) in [5.74, 6) is 0.437. The third-order valence-corrected chi connectivity index (χ3v) is 2.65. The number of aryl methyl sites for hydroxylation is 1. The SMILES string of the molecule is Cc1cc([C@@H](C)Oc2cc(C(N)=O)ccc2N)on1. The monoisotopic (exact) mass is 261 g/mol. The fourth-order valence-electron chi connectivity index (χ4n) is 1.61. The number of carbonyl (C=O) groups is 1. The van der Waals surface area contributed by atoms with Gasteiger partial charge < -0.3 is 20.7 Å². The molecule has 2 aromatic rings. The molecule has 0 aliphatic carbocycles. The highest BCUT2D eigenvalue weighted by Crippen LogP contribution is 2.28. The van der Waals surface area contributed by atoms with Crippen LogP contribution in [-0.2, 0) is 0 Å². The van der Waals surface area contributed by atoms with Gasteiger partial charge in [0.25, 0.3) is 0 Å². The quantitative estimate of drug-likeness (QED) is 0.816. The summed E-state index contributed by atoms with van der Waals surface area (Å²) >= 11 is 0. The highest BCUT2D eigenvalue weighted by molar-refractivity contribution is 5.93. The van der Waals surface area contributed by atoms with Gasteiger partial charge in [-0.15, -0.1) is 0 Å². The fourth-order valence-corrected chi connectivity index (χ4v) is 1.61. The van der Waals surface area contributed by atoms with E-state index in [-0.39, 0.29) is 6.10 Å². The van der Waals surface area contributed by atoms with Crippen molar-refractivity contribution in [1.29, 1.82) is 0 Å². The van der Waals surface area contributed by atoms with E-state index in [1.165, 1.54) is 6.07 Å². The van der Waals surface area contributed by atoms with Crippen molar-refractivity contribution in [3.05, 3.63) is 41.3 Å². The lowest BCUT2D eigenvalue weighted by atomic mass is 10.2. The average molecular weight is 261 g/mol. The topological polar surface area (TPSA) is 104 Å². The van der Waals surface area contributed by atoms with Crippen molar-refractivity contribution >= 4 is 11.6 Å². The van der Waals surface area contributed by atoms with Crippen molar-refractivity contribution in [2.45, 2.75) is 20.0 Å². The molecule has 1 aromatic carbocycles. The van der Waals surface area contributed by atoms with Gasteiger partial charge in [0.2, 0.25) is 5.91 Å². The van der Waals surface area contributed by atoms with Gasteiger partial charge in [-0.2, -0.15) is 0 Å². The lowest BCUT2D eigenvalue weighted by molar-refractivity contribution is 0.0999. The van der Waals surface area contributed by atoms with Crippen LogP contribution in [0.4, 0.5) is 5.69 Å². The number of amides is 1. The summed E-state index contributed by atoms with van der Waals surface area (Å²) < 4.78 is 10.8. The van der Waals surface area contributed by atoms with Crippen LogP contribution in [0.3, 0.4) is 0 Å². The zero-order chi connectivity index (χ0) is 14.0.